The van der Waals surface area contributed by atoms with Crippen molar-refractivity contribution in [3.63, 3.8) is 0 Å². The Balaban J connectivity index is 1.54. The highest BCUT2D eigenvalue weighted by Gasteiger charge is 2.31. The zero-order valence-electron chi connectivity index (χ0n) is 13.5. The second-order valence-corrected chi connectivity index (χ2v) is 5.94. The molecular formula is C18H17N5O2. The lowest BCUT2D eigenvalue weighted by molar-refractivity contribution is -0.121. The summed E-state index contributed by atoms with van der Waals surface area (Å²) in [6.45, 7) is 0.631. The minimum Gasteiger partial charge on any atom is -0.339 e. The molecule has 0 spiro atoms. The zero-order chi connectivity index (χ0) is 17.2. The standard InChI is InChI=1S/C18H17N5O2/c24-17(15-12-20-16-7-1-2-9-23(15)16)21-14-6-4-10-22(18(14)25)13-5-3-8-19-11-13/h1-3,5,7-9,11-12,14H,4,6,10H2,(H,21,24). The van der Waals surface area contributed by atoms with Crippen LogP contribution in [0.2, 0.25) is 0 Å². The third-order valence-corrected chi connectivity index (χ3v) is 4.35. The summed E-state index contributed by atoms with van der Waals surface area (Å²) in [5.74, 6) is -0.411. The molecule has 1 saturated heterocycles. The van der Waals surface area contributed by atoms with Crippen molar-refractivity contribution in [1.82, 2.24) is 19.7 Å². The summed E-state index contributed by atoms with van der Waals surface area (Å²) < 4.78 is 1.71. The van der Waals surface area contributed by atoms with E-state index < -0.39 is 6.04 Å². The Kier molecular flexibility index (Phi) is 3.89. The number of amides is 2. The van der Waals surface area contributed by atoms with Crippen LogP contribution in [0.4, 0.5) is 5.69 Å². The number of pyridine rings is 2. The number of nitrogens with one attached hydrogen (secondary N) is 1. The maximum atomic E-state index is 12.8. The lowest BCUT2D eigenvalue weighted by Crippen LogP contribution is -2.52. The third-order valence-electron chi connectivity index (χ3n) is 4.35. The molecule has 1 atom stereocenters. The molecule has 126 valence electrons. The summed E-state index contributed by atoms with van der Waals surface area (Å²) >= 11 is 0. The van der Waals surface area contributed by atoms with Gasteiger partial charge in [0.15, 0.2) is 0 Å². The van der Waals surface area contributed by atoms with E-state index in [2.05, 4.69) is 15.3 Å². The van der Waals surface area contributed by atoms with Crippen LogP contribution in [-0.4, -0.2) is 38.8 Å². The molecule has 1 fully saturated rings. The van der Waals surface area contributed by atoms with E-state index in [-0.39, 0.29) is 11.8 Å². The predicted octanol–water partition coefficient (Wildman–Crippen LogP) is 1.65. The molecule has 0 aromatic carbocycles. The highest BCUT2D eigenvalue weighted by Crippen LogP contribution is 2.20. The number of hydrogen-bond acceptors (Lipinski definition) is 4. The molecule has 3 aromatic heterocycles. The monoisotopic (exact) mass is 335 g/mol. The maximum absolute atomic E-state index is 12.8. The normalized spacial score (nSPS) is 17.7. The Morgan fingerprint density at radius 3 is 2.96 bits per heavy atom. The average Bonchev–Trinajstić information content (AvgIpc) is 3.08. The fourth-order valence-electron chi connectivity index (χ4n) is 3.11. The topological polar surface area (TPSA) is 79.6 Å². The predicted molar refractivity (Wildman–Crippen MR) is 92.3 cm³/mol. The van der Waals surface area contributed by atoms with Crippen LogP contribution in [-0.2, 0) is 4.79 Å². The van der Waals surface area contributed by atoms with Crippen molar-refractivity contribution in [2.75, 3.05) is 11.4 Å². The van der Waals surface area contributed by atoms with Gasteiger partial charge in [0, 0.05) is 18.9 Å². The fraction of sp³-hybridized carbons (Fsp3) is 0.222. The molecule has 1 N–H and O–H groups in total. The molecule has 1 aliphatic rings. The van der Waals surface area contributed by atoms with Crippen LogP contribution in [0.25, 0.3) is 5.65 Å². The number of imidazole rings is 1. The molecule has 4 heterocycles. The van der Waals surface area contributed by atoms with Crippen molar-refractivity contribution in [2.45, 2.75) is 18.9 Å². The first-order valence-electron chi connectivity index (χ1n) is 8.18. The number of anilines is 1. The molecule has 3 aromatic rings. The van der Waals surface area contributed by atoms with Gasteiger partial charge >= 0.3 is 0 Å². The van der Waals surface area contributed by atoms with Crippen LogP contribution in [0.5, 0.6) is 0 Å². The van der Waals surface area contributed by atoms with Crippen LogP contribution in [0.1, 0.15) is 23.3 Å². The van der Waals surface area contributed by atoms with Crippen molar-refractivity contribution in [1.29, 1.82) is 0 Å². The second kappa shape index (κ2) is 6.35. The van der Waals surface area contributed by atoms with E-state index >= 15 is 0 Å². The molecule has 25 heavy (non-hydrogen) atoms. The molecule has 2 amide bonds. The van der Waals surface area contributed by atoms with Crippen molar-refractivity contribution >= 4 is 23.1 Å². The van der Waals surface area contributed by atoms with E-state index in [0.29, 0.717) is 24.3 Å². The number of piperidine rings is 1. The summed E-state index contributed by atoms with van der Waals surface area (Å²) in [5, 5.41) is 2.85. The maximum Gasteiger partial charge on any atom is 0.270 e. The Hall–Kier alpha value is -3.22. The van der Waals surface area contributed by atoms with Gasteiger partial charge in [0.05, 0.1) is 18.1 Å². The van der Waals surface area contributed by atoms with Crippen LogP contribution in [0, 0.1) is 0 Å². The summed E-state index contributed by atoms with van der Waals surface area (Å²) in [7, 11) is 0. The Morgan fingerprint density at radius 2 is 2.12 bits per heavy atom. The van der Waals surface area contributed by atoms with Crippen LogP contribution < -0.4 is 10.2 Å². The molecule has 0 bridgehead atoms. The van der Waals surface area contributed by atoms with E-state index in [0.717, 1.165) is 12.1 Å². The highest BCUT2D eigenvalue weighted by molar-refractivity contribution is 6.02. The summed E-state index contributed by atoms with van der Waals surface area (Å²) in [6.07, 6.45) is 8.07. The second-order valence-electron chi connectivity index (χ2n) is 5.94. The van der Waals surface area contributed by atoms with E-state index in [9.17, 15) is 9.59 Å². The largest absolute Gasteiger partial charge is 0.339 e. The smallest absolute Gasteiger partial charge is 0.270 e. The summed E-state index contributed by atoms with van der Waals surface area (Å²) in [4.78, 5) is 35.3. The molecule has 1 aliphatic heterocycles. The van der Waals surface area contributed by atoms with Gasteiger partial charge in [-0.05, 0) is 37.1 Å². The molecule has 0 saturated carbocycles. The van der Waals surface area contributed by atoms with Crippen molar-refractivity contribution < 1.29 is 9.59 Å². The lowest BCUT2D eigenvalue weighted by Gasteiger charge is -2.32. The number of hydrogen-bond donors (Lipinski definition) is 1. The van der Waals surface area contributed by atoms with E-state index in [4.69, 9.17) is 0 Å². The number of carbonyl (C=O) groups excluding carboxylic acids is 2. The van der Waals surface area contributed by atoms with E-state index in [1.165, 1.54) is 6.20 Å². The van der Waals surface area contributed by atoms with Crippen molar-refractivity contribution in [3.05, 3.63) is 60.8 Å². The molecule has 7 heteroatoms. The first-order valence-corrected chi connectivity index (χ1v) is 8.18. The number of aromatic nitrogens is 3. The Bertz CT molecular complexity index is 921. The highest BCUT2D eigenvalue weighted by atomic mass is 16.2. The molecule has 7 nitrogen and oxygen atoms in total. The number of nitrogens with zero attached hydrogens (tertiary/aromatic N) is 4. The Morgan fingerprint density at radius 1 is 1.20 bits per heavy atom. The number of carbonyl (C=O) groups is 2. The van der Waals surface area contributed by atoms with Crippen LogP contribution in [0.3, 0.4) is 0 Å². The SMILES string of the molecule is O=C(NC1CCCN(c2cccnc2)C1=O)c1cnc2ccccn12. The van der Waals surface area contributed by atoms with Gasteiger partial charge < -0.3 is 10.2 Å². The van der Waals surface area contributed by atoms with Crippen molar-refractivity contribution in [3.8, 4) is 0 Å². The van der Waals surface area contributed by atoms with Gasteiger partial charge in [-0.25, -0.2) is 4.98 Å². The number of rotatable bonds is 3. The fourth-order valence-corrected chi connectivity index (χ4v) is 3.11. The van der Waals surface area contributed by atoms with Gasteiger partial charge in [-0.15, -0.1) is 0 Å². The van der Waals surface area contributed by atoms with Gasteiger partial charge in [-0.3, -0.25) is 19.0 Å². The third kappa shape index (κ3) is 2.84. The summed E-state index contributed by atoms with van der Waals surface area (Å²) in [5.41, 5.74) is 1.86. The van der Waals surface area contributed by atoms with Crippen molar-refractivity contribution in [2.24, 2.45) is 0 Å². The van der Waals surface area contributed by atoms with Crippen LogP contribution in [0.15, 0.2) is 55.1 Å². The lowest BCUT2D eigenvalue weighted by atomic mass is 10.0. The molecule has 0 aliphatic carbocycles. The van der Waals surface area contributed by atoms with Gasteiger partial charge in [-0.2, -0.15) is 0 Å². The molecule has 1 unspecified atom stereocenters. The Labute approximate surface area is 144 Å². The van der Waals surface area contributed by atoms with Gasteiger partial charge in [-0.1, -0.05) is 6.07 Å². The van der Waals surface area contributed by atoms with E-state index in [1.807, 2.05) is 24.3 Å². The quantitative estimate of drug-likeness (QED) is 0.789. The minimum absolute atomic E-state index is 0.110. The molecule has 0 radical (unpaired) electrons. The number of fused-ring (bicyclic) bond motifs is 1. The molecular weight excluding hydrogens is 318 g/mol. The van der Waals surface area contributed by atoms with Crippen LogP contribution >= 0.6 is 0 Å². The van der Waals surface area contributed by atoms with Gasteiger partial charge in [0.25, 0.3) is 5.91 Å². The first kappa shape index (κ1) is 15.3. The first-order chi connectivity index (χ1) is 12.2. The van der Waals surface area contributed by atoms with E-state index in [1.54, 1.807) is 34.0 Å². The minimum atomic E-state index is -0.546. The average molecular weight is 335 g/mol. The summed E-state index contributed by atoms with van der Waals surface area (Å²) in [6, 6.07) is 8.62. The zero-order valence-corrected chi connectivity index (χ0v) is 13.5. The van der Waals surface area contributed by atoms with Gasteiger partial charge in [0.1, 0.15) is 17.4 Å². The molecule has 4 rings (SSSR count). The van der Waals surface area contributed by atoms with Gasteiger partial charge in [0.2, 0.25) is 5.91 Å².